The van der Waals surface area contributed by atoms with Gasteiger partial charge in [-0.1, -0.05) is 122 Å². The summed E-state index contributed by atoms with van der Waals surface area (Å²) in [4.78, 5) is 6.18. The molecule has 104 heavy (non-hydrogen) atoms. The summed E-state index contributed by atoms with van der Waals surface area (Å²) in [5.74, 6) is 4.15. The molecular weight excluding hydrogens is 1480 g/mol. The van der Waals surface area contributed by atoms with Crippen LogP contribution in [0.25, 0.3) is 54.5 Å². The Kier molecular flexibility index (Phi) is 26.7. The summed E-state index contributed by atoms with van der Waals surface area (Å²) in [5.41, 5.74) is 8.68. The molecule has 15 rings (SSSR count). The molecule has 0 aliphatic rings. The van der Waals surface area contributed by atoms with Gasteiger partial charge in [0.2, 0.25) is 0 Å². The number of aryl methyl sites for hydroxylation is 3. The number of hydrogen-bond donors (Lipinski definition) is 4. The maximum atomic E-state index is 9.03. The van der Waals surface area contributed by atoms with Crippen molar-refractivity contribution in [2.45, 2.75) is 84.6 Å². The predicted molar refractivity (Wildman–Crippen MR) is 420 cm³/mol. The van der Waals surface area contributed by atoms with E-state index in [9.17, 15) is 0 Å². The van der Waals surface area contributed by atoms with Crippen molar-refractivity contribution in [2.24, 2.45) is 0 Å². The molecule has 0 bridgehead atoms. The molecule has 0 fully saturated rings. The molecule has 15 aromatic rings. The Labute approximate surface area is 640 Å². The van der Waals surface area contributed by atoms with Gasteiger partial charge in [-0.2, -0.15) is 15.7 Å². The number of unbranched alkanes of at least 4 members (excludes halogenated alkanes) is 1. The number of nitrogens with one attached hydrogen (secondary N) is 3. The van der Waals surface area contributed by atoms with Crippen molar-refractivity contribution < 1.29 is 24.1 Å². The van der Waals surface area contributed by atoms with Gasteiger partial charge >= 0.3 is 0 Å². The molecule has 4 N–H and O–H groups in total. The van der Waals surface area contributed by atoms with Crippen molar-refractivity contribution >= 4 is 147 Å². The molecule has 0 amide bonds. The number of halogens is 8. The minimum absolute atomic E-state index is 0.140. The van der Waals surface area contributed by atoms with Gasteiger partial charge in [0, 0.05) is 180 Å². The third-order valence-electron chi connectivity index (χ3n) is 16.8. The first-order valence-electron chi connectivity index (χ1n) is 32.9. The molecular formula is C80H67Cl8N11O5. The molecule has 0 unspecified atom stereocenters. The van der Waals surface area contributed by atoms with Crippen molar-refractivity contribution in [3.8, 4) is 40.9 Å². The van der Waals surface area contributed by atoms with E-state index in [0.717, 1.165) is 138 Å². The van der Waals surface area contributed by atoms with E-state index >= 15 is 0 Å². The SMILES string of the molecule is C[C@H](CC#N)n1ccc2cc(OCc3c(Cl)cccc3Cl)ccc21.Clc1cccc(Cl)c1COc1ccc2[nH]ccc2c1.Clc1cccc(Cl)c1COc1ccc2c(ccn2CCCc2nn[nH]n2)c1.N#CCCCn1ccc2cc(OCc3c(Cl)cccc3Cl)ccc21.Oc1ccc2[nH]ccc2c1. The number of tetrazole rings is 1. The average Bonchev–Trinajstić information content (AvgIpc) is 1.67. The first-order valence-corrected chi connectivity index (χ1v) is 35.9. The Bertz CT molecular complexity index is 5360. The molecule has 0 spiro atoms. The highest BCUT2D eigenvalue weighted by atomic mass is 35.5. The molecule has 16 nitrogen and oxygen atoms in total. The van der Waals surface area contributed by atoms with Crippen LogP contribution in [-0.2, 0) is 45.9 Å². The Morgan fingerprint density at radius 1 is 0.442 bits per heavy atom. The zero-order chi connectivity index (χ0) is 72.9. The van der Waals surface area contributed by atoms with E-state index in [-0.39, 0.29) is 6.04 Å². The smallest absolute Gasteiger partial charge is 0.174 e. The molecule has 24 heteroatoms. The van der Waals surface area contributed by atoms with Crippen molar-refractivity contribution in [3.63, 3.8) is 0 Å². The second kappa shape index (κ2) is 37.0. The summed E-state index contributed by atoms with van der Waals surface area (Å²) in [7, 11) is 0. The fraction of sp³-hybridized carbons (Fsp3) is 0.163. The number of phenols is 1. The van der Waals surface area contributed by atoms with Crippen LogP contribution in [0.4, 0.5) is 0 Å². The van der Waals surface area contributed by atoms with E-state index in [0.29, 0.717) is 85.2 Å². The maximum absolute atomic E-state index is 9.03. The standard InChI is InChI=1S/C19H17Cl2N5O.2C19H16Cl2N2O.C15H11Cl2NO.C8H7NO/c20-16-3-1-4-17(21)15(16)12-27-14-6-7-18-13(11-14)8-10-26(18)9-2-5-19-22-24-25-23-19;1-13(7-9-22)23-10-8-14-11-15(5-6-19(14)23)24-12-16-17(20)3-2-4-18(16)21;20-17-4-3-5-18(21)16(17)13-24-15-6-7-19-14(12-15)8-11-23(19)10-2-1-9-22;16-13-2-1-3-14(17)12(13)9-19-11-4-5-15-10(8-11)6-7-18-15;10-7-1-2-8-6(5-7)3-4-9-8/h1,3-4,6-8,10-11H,2,5,9,12H2,(H,22,23,24,25);2-6,8,10-11,13H,7,12H2,1H3;3-8,11-12H,1-2,10,13H2;1-8,18H,9H2;1-5,9-10H/t;13-;;;/m.1.../s1. The maximum Gasteiger partial charge on any atom is 0.174 e. The first kappa shape index (κ1) is 75.2. The molecule has 0 saturated heterocycles. The van der Waals surface area contributed by atoms with E-state index in [2.05, 4.69) is 80.8 Å². The van der Waals surface area contributed by atoms with Crippen LogP contribution in [0.5, 0.6) is 28.7 Å². The lowest BCUT2D eigenvalue weighted by atomic mass is 10.2. The summed E-state index contributed by atoms with van der Waals surface area (Å²) in [6.45, 7) is 5.08. The van der Waals surface area contributed by atoms with Gasteiger partial charge in [0.15, 0.2) is 5.82 Å². The number of hydrogen-bond acceptors (Lipinski definition) is 10. The van der Waals surface area contributed by atoms with Crippen LogP contribution in [0.3, 0.4) is 0 Å². The van der Waals surface area contributed by atoms with Crippen LogP contribution in [-0.4, -0.2) is 49.4 Å². The van der Waals surface area contributed by atoms with Crippen LogP contribution >= 0.6 is 92.8 Å². The van der Waals surface area contributed by atoms with Gasteiger partial charge in [-0.25, -0.2) is 0 Å². The number of aromatic nitrogens is 9. The lowest BCUT2D eigenvalue weighted by Crippen LogP contribution is -2.02. The number of nitrogens with zero attached hydrogens (tertiary/aromatic N) is 8. The molecule has 528 valence electrons. The Morgan fingerprint density at radius 3 is 1.27 bits per heavy atom. The molecule has 6 heterocycles. The number of nitriles is 2. The van der Waals surface area contributed by atoms with Crippen LogP contribution in [0, 0.1) is 22.7 Å². The van der Waals surface area contributed by atoms with Crippen molar-refractivity contribution in [1.29, 1.82) is 10.5 Å². The minimum Gasteiger partial charge on any atom is -0.508 e. The van der Waals surface area contributed by atoms with Crippen molar-refractivity contribution in [2.75, 3.05) is 0 Å². The number of rotatable bonds is 21. The summed E-state index contributed by atoms with van der Waals surface area (Å²) in [6.07, 6.45) is 13.5. The number of aromatic hydroxyl groups is 1. The number of benzene rings is 9. The summed E-state index contributed by atoms with van der Waals surface area (Å²) in [5, 5.41) is 50.9. The molecule has 0 aliphatic heterocycles. The summed E-state index contributed by atoms with van der Waals surface area (Å²) >= 11 is 49.3. The lowest BCUT2D eigenvalue weighted by Gasteiger charge is -2.12. The van der Waals surface area contributed by atoms with Crippen LogP contribution in [0.15, 0.2) is 225 Å². The second-order valence-corrected chi connectivity index (χ2v) is 27.0. The summed E-state index contributed by atoms with van der Waals surface area (Å²) < 4.78 is 29.8. The van der Waals surface area contributed by atoms with E-state index in [1.807, 2.05) is 171 Å². The number of fused-ring (bicyclic) bond motifs is 5. The van der Waals surface area contributed by atoms with E-state index < -0.39 is 0 Å². The van der Waals surface area contributed by atoms with Gasteiger partial charge in [-0.15, -0.1) is 10.2 Å². The third kappa shape index (κ3) is 20.1. The topological polar surface area (TPSA) is 206 Å². The number of ether oxygens (including phenoxy) is 4. The van der Waals surface area contributed by atoms with Gasteiger partial charge in [0.05, 0.1) is 18.6 Å². The molecule has 9 aromatic carbocycles. The number of H-pyrrole nitrogens is 3. The minimum atomic E-state index is 0.140. The van der Waals surface area contributed by atoms with Gasteiger partial charge in [0.25, 0.3) is 0 Å². The molecule has 0 saturated carbocycles. The Morgan fingerprint density at radius 2 is 0.837 bits per heavy atom. The molecule has 1 atom stereocenters. The number of phenolic OH excluding ortho intramolecular Hbond substituents is 1. The van der Waals surface area contributed by atoms with E-state index in [4.69, 9.17) is 127 Å². The zero-order valence-corrected chi connectivity index (χ0v) is 61.9. The summed E-state index contributed by atoms with van der Waals surface area (Å²) in [6, 6.07) is 65.4. The largest absolute Gasteiger partial charge is 0.508 e. The highest BCUT2D eigenvalue weighted by Gasteiger charge is 2.14. The number of aromatic amines is 3. The van der Waals surface area contributed by atoms with Crippen LogP contribution < -0.4 is 18.9 Å². The Hall–Kier alpha value is -9.95. The van der Waals surface area contributed by atoms with E-state index in [1.54, 1.807) is 36.4 Å². The fourth-order valence-electron chi connectivity index (χ4n) is 11.3. The fourth-order valence-corrected chi connectivity index (χ4v) is 13.3. The molecule has 6 aromatic heterocycles. The quantitative estimate of drug-likeness (QED) is 0.0501. The second-order valence-electron chi connectivity index (χ2n) is 23.7. The first-order chi connectivity index (χ1) is 50.6. The van der Waals surface area contributed by atoms with Crippen molar-refractivity contribution in [3.05, 3.63) is 293 Å². The van der Waals surface area contributed by atoms with E-state index in [1.165, 1.54) is 0 Å². The molecule has 0 radical (unpaired) electrons. The van der Waals surface area contributed by atoms with Gasteiger partial charge in [-0.3, -0.25) is 0 Å². The Balaban J connectivity index is 0.000000133. The lowest BCUT2D eigenvalue weighted by molar-refractivity contribution is 0.306. The molecule has 0 aliphatic carbocycles. The predicted octanol–water partition coefficient (Wildman–Crippen LogP) is 23.4. The third-order valence-corrected chi connectivity index (χ3v) is 19.6. The van der Waals surface area contributed by atoms with Gasteiger partial charge < -0.3 is 47.7 Å². The van der Waals surface area contributed by atoms with Crippen LogP contribution in [0.1, 0.15) is 66.7 Å². The zero-order valence-electron chi connectivity index (χ0n) is 55.9. The average molecular weight is 1550 g/mol. The van der Waals surface area contributed by atoms with Gasteiger partial charge in [-0.05, 0) is 190 Å². The highest BCUT2D eigenvalue weighted by Crippen LogP contribution is 2.34. The van der Waals surface area contributed by atoms with Gasteiger partial charge in [0.1, 0.15) is 55.2 Å². The van der Waals surface area contributed by atoms with Crippen molar-refractivity contribution in [1.82, 2.24) is 44.3 Å². The highest BCUT2D eigenvalue weighted by molar-refractivity contribution is 6.37. The normalized spacial score (nSPS) is 11.1. The van der Waals surface area contributed by atoms with Crippen LogP contribution in [0.2, 0.25) is 40.2 Å². The monoisotopic (exact) mass is 1540 g/mol.